The number of ether oxygens (including phenoxy) is 2. The first-order valence-electron chi connectivity index (χ1n) is 8.76. The number of cyclic esters (lactones) is 2. The van der Waals surface area contributed by atoms with E-state index < -0.39 is 0 Å². The molecule has 1 unspecified atom stereocenters. The molecule has 0 aliphatic carbocycles. The van der Waals surface area contributed by atoms with Gasteiger partial charge in [0.05, 0.1) is 17.3 Å². The minimum Gasteiger partial charge on any atom is -0.462 e. The number of esters is 2. The lowest BCUT2D eigenvalue weighted by Gasteiger charge is -2.10. The molecular weight excluding hydrogens is 350 g/mol. The Morgan fingerprint density at radius 1 is 1.19 bits per heavy atom. The Labute approximate surface area is 158 Å². The number of fused-ring (bicyclic) bond motifs is 2. The van der Waals surface area contributed by atoms with Crippen LogP contribution >= 0.6 is 11.3 Å². The van der Waals surface area contributed by atoms with Crippen LogP contribution < -0.4 is 0 Å². The molecule has 2 rings (SSSR count). The molecule has 0 fully saturated rings. The van der Waals surface area contributed by atoms with Crippen LogP contribution in [0, 0.1) is 0 Å². The molecule has 6 heteroatoms. The van der Waals surface area contributed by atoms with Crippen molar-refractivity contribution in [2.75, 3.05) is 6.61 Å². The Hall–Kier alpha value is -2.21. The topological polar surface area (TPSA) is 65.5 Å². The van der Waals surface area contributed by atoms with E-state index in [2.05, 4.69) is 11.9 Å². The number of hydrogen-bond donors (Lipinski definition) is 0. The van der Waals surface area contributed by atoms with Crippen LogP contribution in [-0.2, 0) is 25.5 Å². The summed E-state index contributed by atoms with van der Waals surface area (Å²) in [7, 11) is 0. The van der Waals surface area contributed by atoms with Crippen molar-refractivity contribution >= 4 is 23.3 Å². The molecule has 0 saturated heterocycles. The number of thiazole rings is 1. The minimum absolute atomic E-state index is 0.206. The predicted octanol–water partition coefficient (Wildman–Crippen LogP) is 4.12. The molecule has 0 aromatic carbocycles. The van der Waals surface area contributed by atoms with E-state index in [-0.39, 0.29) is 24.0 Å². The third kappa shape index (κ3) is 6.96. The standard InChI is InChI=1S/C20H25NO4S/c1-14-6-4-9-20(23)25-16(3)12-18-21-17(13-26-18)15(2)7-5-8-19(22)24-11-10-14/h4-6,8-9,13,15-16H,7,10-12H2,1-3H3/b8-5+,9-4+,14-6+/t15-,16?/m0/s1. The fourth-order valence-corrected chi connectivity index (χ4v) is 3.43. The molecule has 0 amide bonds. The first-order chi connectivity index (χ1) is 12.4. The Morgan fingerprint density at radius 3 is 2.81 bits per heavy atom. The van der Waals surface area contributed by atoms with Gasteiger partial charge in [-0.15, -0.1) is 11.3 Å². The van der Waals surface area contributed by atoms with Gasteiger partial charge in [0.1, 0.15) is 6.10 Å². The van der Waals surface area contributed by atoms with Crippen molar-refractivity contribution in [2.24, 2.45) is 0 Å². The van der Waals surface area contributed by atoms with Crippen molar-refractivity contribution in [1.29, 1.82) is 0 Å². The summed E-state index contributed by atoms with van der Waals surface area (Å²) in [5.74, 6) is -0.507. The first-order valence-corrected chi connectivity index (χ1v) is 9.64. The van der Waals surface area contributed by atoms with Crippen LogP contribution in [0.15, 0.2) is 41.3 Å². The third-order valence-electron chi connectivity index (χ3n) is 3.95. The van der Waals surface area contributed by atoms with E-state index in [0.717, 1.165) is 16.3 Å². The fraction of sp³-hybridized carbons (Fsp3) is 0.450. The zero-order valence-electron chi connectivity index (χ0n) is 15.4. The smallest absolute Gasteiger partial charge is 0.331 e. The van der Waals surface area contributed by atoms with Crippen molar-refractivity contribution in [3.8, 4) is 0 Å². The van der Waals surface area contributed by atoms with Gasteiger partial charge in [-0.25, -0.2) is 14.6 Å². The third-order valence-corrected chi connectivity index (χ3v) is 4.84. The lowest BCUT2D eigenvalue weighted by Crippen LogP contribution is -2.15. The number of carbonyl (C=O) groups excluding carboxylic acids is 2. The number of allylic oxidation sites excluding steroid dienone is 3. The van der Waals surface area contributed by atoms with Gasteiger partial charge in [-0.1, -0.05) is 30.7 Å². The predicted molar refractivity (Wildman–Crippen MR) is 102 cm³/mol. The molecule has 2 bridgehead atoms. The van der Waals surface area contributed by atoms with E-state index in [1.807, 2.05) is 31.4 Å². The summed E-state index contributed by atoms with van der Waals surface area (Å²) < 4.78 is 10.6. The SMILES string of the molecule is C/C1=C\C=C\C(=O)OC(C)Cc2nc(cs2)[C@@H](C)C/C=C/C(=O)OCC1. The van der Waals surface area contributed by atoms with Crippen LogP contribution in [0.25, 0.3) is 0 Å². The van der Waals surface area contributed by atoms with Crippen molar-refractivity contribution < 1.29 is 19.1 Å². The number of aromatic nitrogens is 1. The van der Waals surface area contributed by atoms with Crippen LogP contribution in [0.1, 0.15) is 50.2 Å². The summed E-state index contributed by atoms with van der Waals surface area (Å²) in [6.07, 6.45) is 9.87. The lowest BCUT2D eigenvalue weighted by molar-refractivity contribution is -0.142. The Balaban J connectivity index is 2.11. The molecule has 5 nitrogen and oxygen atoms in total. The van der Waals surface area contributed by atoms with Gasteiger partial charge in [-0.05, 0) is 20.3 Å². The summed E-state index contributed by atoms with van der Waals surface area (Å²) in [6.45, 7) is 6.17. The van der Waals surface area contributed by atoms with Crippen molar-refractivity contribution in [2.45, 2.75) is 52.1 Å². The largest absolute Gasteiger partial charge is 0.462 e. The molecule has 1 aromatic rings. The van der Waals surface area contributed by atoms with Crippen molar-refractivity contribution in [3.05, 3.63) is 52.0 Å². The van der Waals surface area contributed by atoms with Gasteiger partial charge in [0.15, 0.2) is 0 Å². The monoisotopic (exact) mass is 375 g/mol. The van der Waals surface area contributed by atoms with Gasteiger partial charge < -0.3 is 9.47 Å². The van der Waals surface area contributed by atoms with Crippen LogP contribution in [0.2, 0.25) is 0 Å². The van der Waals surface area contributed by atoms with Gasteiger partial charge in [-0.3, -0.25) is 0 Å². The molecule has 2 atom stereocenters. The number of rotatable bonds is 0. The molecule has 26 heavy (non-hydrogen) atoms. The summed E-state index contributed by atoms with van der Waals surface area (Å²) in [5.41, 5.74) is 2.00. The maximum atomic E-state index is 11.9. The quantitative estimate of drug-likeness (QED) is 0.638. The lowest BCUT2D eigenvalue weighted by atomic mass is 10.1. The van der Waals surface area contributed by atoms with Gasteiger partial charge in [0.2, 0.25) is 0 Å². The van der Waals surface area contributed by atoms with E-state index in [1.165, 1.54) is 12.2 Å². The second-order valence-electron chi connectivity index (χ2n) is 6.45. The zero-order valence-corrected chi connectivity index (χ0v) is 16.3. The highest BCUT2D eigenvalue weighted by molar-refractivity contribution is 7.09. The minimum atomic E-state index is -0.375. The molecular formula is C20H25NO4S. The molecule has 0 spiro atoms. The van der Waals surface area contributed by atoms with Crippen LogP contribution in [0.3, 0.4) is 0 Å². The molecule has 0 N–H and O–H groups in total. The molecule has 0 radical (unpaired) electrons. The Morgan fingerprint density at radius 2 is 2.00 bits per heavy atom. The normalized spacial score (nSPS) is 27.7. The molecule has 1 aromatic heterocycles. The highest BCUT2D eigenvalue weighted by Gasteiger charge is 2.13. The molecule has 1 aliphatic rings. The highest BCUT2D eigenvalue weighted by Crippen LogP contribution is 2.23. The van der Waals surface area contributed by atoms with Gasteiger partial charge in [-0.2, -0.15) is 0 Å². The summed E-state index contributed by atoms with van der Waals surface area (Å²) in [4.78, 5) is 28.2. The summed E-state index contributed by atoms with van der Waals surface area (Å²) in [6, 6.07) is 0. The highest BCUT2D eigenvalue weighted by atomic mass is 32.1. The number of hydrogen-bond acceptors (Lipinski definition) is 6. The Bertz CT molecular complexity index is 717. The first kappa shape index (κ1) is 20.1. The van der Waals surface area contributed by atoms with Crippen LogP contribution in [-0.4, -0.2) is 29.6 Å². The summed E-state index contributed by atoms with van der Waals surface area (Å²) >= 11 is 1.56. The van der Waals surface area contributed by atoms with E-state index in [4.69, 9.17) is 9.47 Å². The van der Waals surface area contributed by atoms with E-state index in [0.29, 0.717) is 25.9 Å². The second-order valence-corrected chi connectivity index (χ2v) is 7.39. The zero-order chi connectivity index (χ0) is 18.9. The maximum Gasteiger partial charge on any atom is 0.331 e. The average Bonchev–Trinajstić information content (AvgIpc) is 3.02. The van der Waals surface area contributed by atoms with Gasteiger partial charge in [0.25, 0.3) is 0 Å². The molecule has 0 saturated carbocycles. The molecule has 140 valence electrons. The van der Waals surface area contributed by atoms with Gasteiger partial charge in [0, 0.05) is 36.3 Å². The van der Waals surface area contributed by atoms with E-state index in [1.54, 1.807) is 17.4 Å². The van der Waals surface area contributed by atoms with E-state index in [9.17, 15) is 9.59 Å². The van der Waals surface area contributed by atoms with E-state index >= 15 is 0 Å². The van der Waals surface area contributed by atoms with Crippen LogP contribution in [0.4, 0.5) is 0 Å². The fourth-order valence-electron chi connectivity index (χ4n) is 2.39. The van der Waals surface area contributed by atoms with Crippen molar-refractivity contribution in [3.63, 3.8) is 0 Å². The average molecular weight is 375 g/mol. The summed E-state index contributed by atoms with van der Waals surface area (Å²) in [5, 5.41) is 2.96. The molecule has 2 heterocycles. The maximum absolute atomic E-state index is 11.9. The van der Waals surface area contributed by atoms with Gasteiger partial charge >= 0.3 is 11.9 Å². The van der Waals surface area contributed by atoms with Crippen molar-refractivity contribution in [1.82, 2.24) is 4.98 Å². The number of carbonyl (C=O) groups is 2. The number of nitrogens with zero attached hydrogens (tertiary/aromatic N) is 1. The molecule has 1 aliphatic heterocycles. The van der Waals surface area contributed by atoms with Crippen LogP contribution in [0.5, 0.6) is 0 Å². The Kier molecular flexibility index (Phi) is 7.78. The second kappa shape index (κ2) is 10.1.